The molecule has 0 N–H and O–H groups in total. The zero-order valence-corrected chi connectivity index (χ0v) is 9.05. The van der Waals surface area contributed by atoms with Gasteiger partial charge in [0.25, 0.3) is 0 Å². The molecule has 0 spiro atoms. The smallest absolute Gasteiger partial charge is 0.204 e. The molecule has 0 saturated carbocycles. The highest BCUT2D eigenvalue weighted by atomic mass is 16.3. The largest absolute Gasteiger partial charge is 0.445 e. The molecule has 0 unspecified atom stereocenters. The predicted molar refractivity (Wildman–Crippen MR) is 66.4 cm³/mol. The number of hydrogen-bond donors (Lipinski definition) is 0. The Balaban J connectivity index is 2.31. The van der Waals surface area contributed by atoms with E-state index in [9.17, 15) is 0 Å². The molecular formula is C15H9NO. The molecule has 2 aromatic carbocycles. The van der Waals surface area contributed by atoms with Gasteiger partial charge >= 0.3 is 0 Å². The maximum Gasteiger partial charge on any atom is 0.204 e. The van der Waals surface area contributed by atoms with Gasteiger partial charge in [0.15, 0.2) is 0 Å². The molecule has 0 aliphatic rings. The van der Waals surface area contributed by atoms with Crippen LogP contribution < -0.4 is 0 Å². The van der Waals surface area contributed by atoms with Gasteiger partial charge < -0.3 is 4.42 Å². The van der Waals surface area contributed by atoms with E-state index in [-0.39, 0.29) is 0 Å². The van der Waals surface area contributed by atoms with Crippen LogP contribution in [-0.2, 0) is 0 Å². The number of fused-ring (bicyclic) bond motifs is 1. The van der Waals surface area contributed by atoms with Gasteiger partial charge in [0, 0.05) is 17.0 Å². The number of hydrogen-bond acceptors (Lipinski definition) is 2. The number of para-hydroxylation sites is 1. The van der Waals surface area contributed by atoms with Crippen LogP contribution in [0.1, 0.15) is 5.76 Å². The zero-order chi connectivity index (χ0) is 11.7. The molecule has 0 radical (unpaired) electrons. The van der Waals surface area contributed by atoms with Crippen molar-refractivity contribution < 1.29 is 4.42 Å². The van der Waals surface area contributed by atoms with Crippen molar-refractivity contribution in [1.29, 1.82) is 5.26 Å². The highest BCUT2D eigenvalue weighted by molar-refractivity contribution is 5.93. The van der Waals surface area contributed by atoms with E-state index < -0.39 is 0 Å². The summed E-state index contributed by atoms with van der Waals surface area (Å²) in [5, 5.41) is 9.82. The van der Waals surface area contributed by atoms with Crippen LogP contribution in [0.2, 0.25) is 0 Å². The van der Waals surface area contributed by atoms with E-state index >= 15 is 0 Å². The minimum absolute atomic E-state index is 0.350. The molecule has 0 amide bonds. The first kappa shape index (κ1) is 9.68. The molecule has 80 valence electrons. The lowest BCUT2D eigenvalue weighted by Crippen LogP contribution is -1.77. The predicted octanol–water partition coefficient (Wildman–Crippen LogP) is 3.97. The minimum atomic E-state index is 0.350. The van der Waals surface area contributed by atoms with Gasteiger partial charge in [-0.25, -0.2) is 0 Å². The second-order valence-corrected chi connectivity index (χ2v) is 3.81. The van der Waals surface area contributed by atoms with Gasteiger partial charge in [-0.05, 0) is 5.56 Å². The third-order valence-electron chi connectivity index (χ3n) is 2.74. The van der Waals surface area contributed by atoms with Crippen molar-refractivity contribution in [3.63, 3.8) is 0 Å². The second-order valence-electron chi connectivity index (χ2n) is 3.81. The van der Waals surface area contributed by atoms with Gasteiger partial charge in [-0.1, -0.05) is 48.5 Å². The minimum Gasteiger partial charge on any atom is -0.445 e. The Morgan fingerprint density at radius 1 is 0.941 bits per heavy atom. The molecule has 0 bridgehead atoms. The van der Waals surface area contributed by atoms with Crippen LogP contribution in [-0.4, -0.2) is 0 Å². The lowest BCUT2D eigenvalue weighted by molar-refractivity contribution is 0.600. The molecule has 0 saturated heterocycles. The number of nitriles is 1. The molecule has 2 heteroatoms. The summed E-state index contributed by atoms with van der Waals surface area (Å²) in [4.78, 5) is 0. The number of rotatable bonds is 1. The fraction of sp³-hybridized carbons (Fsp3) is 0. The van der Waals surface area contributed by atoms with Crippen LogP contribution >= 0.6 is 0 Å². The molecule has 1 aromatic heterocycles. The highest BCUT2D eigenvalue weighted by Gasteiger charge is 2.08. The van der Waals surface area contributed by atoms with Crippen LogP contribution in [0, 0.1) is 11.3 Å². The first-order valence-corrected chi connectivity index (χ1v) is 5.36. The van der Waals surface area contributed by atoms with Crippen LogP contribution in [0.4, 0.5) is 0 Å². The molecule has 0 aliphatic heterocycles. The maximum atomic E-state index is 8.86. The summed E-state index contributed by atoms with van der Waals surface area (Å²) in [7, 11) is 0. The van der Waals surface area contributed by atoms with Crippen LogP contribution in [0.5, 0.6) is 0 Å². The van der Waals surface area contributed by atoms with Crippen molar-refractivity contribution >= 4 is 11.0 Å². The second kappa shape index (κ2) is 3.80. The third-order valence-corrected chi connectivity index (χ3v) is 2.74. The topological polar surface area (TPSA) is 36.9 Å². The first-order chi connectivity index (χ1) is 8.38. The monoisotopic (exact) mass is 219 g/mol. The number of benzene rings is 2. The Bertz CT molecular complexity index is 705. The average Bonchev–Trinajstić information content (AvgIpc) is 2.82. The average molecular weight is 219 g/mol. The molecule has 17 heavy (non-hydrogen) atoms. The van der Waals surface area contributed by atoms with E-state index in [0.29, 0.717) is 5.76 Å². The molecule has 3 aromatic rings. The van der Waals surface area contributed by atoms with E-state index in [1.54, 1.807) is 6.07 Å². The van der Waals surface area contributed by atoms with Crippen molar-refractivity contribution in [2.75, 3.05) is 0 Å². The van der Waals surface area contributed by atoms with Crippen molar-refractivity contribution in [1.82, 2.24) is 0 Å². The van der Waals surface area contributed by atoms with Gasteiger partial charge in [-0.2, -0.15) is 5.26 Å². The van der Waals surface area contributed by atoms with E-state index in [2.05, 4.69) is 0 Å². The van der Waals surface area contributed by atoms with Crippen LogP contribution in [0.25, 0.3) is 22.1 Å². The fourth-order valence-corrected chi connectivity index (χ4v) is 1.96. The zero-order valence-electron chi connectivity index (χ0n) is 9.05. The fourth-order valence-electron chi connectivity index (χ4n) is 1.96. The van der Waals surface area contributed by atoms with E-state index in [4.69, 9.17) is 9.68 Å². The quantitative estimate of drug-likeness (QED) is 0.620. The third kappa shape index (κ3) is 1.58. The Morgan fingerprint density at radius 2 is 1.76 bits per heavy atom. The molecule has 0 fully saturated rings. The summed E-state index contributed by atoms with van der Waals surface area (Å²) >= 11 is 0. The Hall–Kier alpha value is -2.53. The maximum absolute atomic E-state index is 8.86. The summed E-state index contributed by atoms with van der Waals surface area (Å²) in [6.45, 7) is 0. The first-order valence-electron chi connectivity index (χ1n) is 5.36. The SMILES string of the molecule is N#Cc1cc2cccc(-c3ccccc3)c2o1. The van der Waals surface area contributed by atoms with Gasteiger partial charge in [0.05, 0.1) is 0 Å². The van der Waals surface area contributed by atoms with Gasteiger partial charge in [-0.3, -0.25) is 0 Å². The lowest BCUT2D eigenvalue weighted by Gasteiger charge is -2.01. The van der Waals surface area contributed by atoms with E-state index in [1.165, 1.54) is 0 Å². The van der Waals surface area contributed by atoms with Crippen molar-refractivity contribution in [3.8, 4) is 17.2 Å². The molecule has 0 aliphatic carbocycles. The van der Waals surface area contributed by atoms with Crippen LogP contribution in [0.15, 0.2) is 59.0 Å². The van der Waals surface area contributed by atoms with Crippen LogP contribution in [0.3, 0.4) is 0 Å². The summed E-state index contributed by atoms with van der Waals surface area (Å²) in [5.41, 5.74) is 2.89. The molecule has 0 atom stereocenters. The lowest BCUT2D eigenvalue weighted by atomic mass is 10.0. The molecule has 1 heterocycles. The highest BCUT2D eigenvalue weighted by Crippen LogP contribution is 2.30. The summed E-state index contributed by atoms with van der Waals surface area (Å²) in [6, 6.07) is 19.7. The van der Waals surface area contributed by atoms with Crippen molar-refractivity contribution in [2.24, 2.45) is 0 Å². The summed E-state index contributed by atoms with van der Waals surface area (Å²) < 4.78 is 5.54. The standard InChI is InChI=1S/C15H9NO/c16-10-13-9-12-7-4-8-14(15(12)17-13)11-5-2-1-3-6-11/h1-9H. The Kier molecular flexibility index (Phi) is 2.16. The molecular weight excluding hydrogens is 210 g/mol. The van der Waals surface area contributed by atoms with Gasteiger partial charge in [0.1, 0.15) is 11.7 Å². The van der Waals surface area contributed by atoms with Crippen molar-refractivity contribution in [2.45, 2.75) is 0 Å². The van der Waals surface area contributed by atoms with Crippen molar-refractivity contribution in [3.05, 3.63) is 60.4 Å². The molecule has 2 nitrogen and oxygen atoms in total. The normalized spacial score (nSPS) is 10.3. The van der Waals surface area contributed by atoms with Gasteiger partial charge in [0.2, 0.25) is 5.76 Å². The number of furan rings is 1. The van der Waals surface area contributed by atoms with Gasteiger partial charge in [-0.15, -0.1) is 0 Å². The van der Waals surface area contributed by atoms with E-state index in [0.717, 1.165) is 22.1 Å². The number of nitrogens with zero attached hydrogens (tertiary/aromatic N) is 1. The Morgan fingerprint density at radius 3 is 2.53 bits per heavy atom. The molecule has 3 rings (SSSR count). The summed E-state index contributed by atoms with van der Waals surface area (Å²) in [6.07, 6.45) is 0. The summed E-state index contributed by atoms with van der Waals surface area (Å²) in [5.74, 6) is 0.350. The Labute approximate surface area is 98.7 Å². The van der Waals surface area contributed by atoms with E-state index in [1.807, 2.05) is 54.6 Å².